The van der Waals surface area contributed by atoms with Crippen molar-refractivity contribution in [2.75, 3.05) is 7.05 Å². The molecule has 0 aromatic heterocycles. The average Bonchev–Trinajstić information content (AvgIpc) is 2.46. The lowest BCUT2D eigenvalue weighted by Crippen LogP contribution is -2.19. The fraction of sp³-hybridized carbons (Fsp3) is 0.250. The van der Waals surface area contributed by atoms with E-state index in [-0.39, 0.29) is 11.7 Å². The number of halogens is 1. The maximum Gasteiger partial charge on any atom is 0.269 e. The Morgan fingerprint density at radius 3 is 2.43 bits per heavy atom. The SMILES string of the molecule is CNC(Cc1ccc([N+](=O)[O-])cc1)c1ccc(C)cc1Cl. The van der Waals surface area contributed by atoms with Crippen LogP contribution in [-0.2, 0) is 6.42 Å². The molecule has 4 nitrogen and oxygen atoms in total. The quantitative estimate of drug-likeness (QED) is 0.669. The Balaban J connectivity index is 2.20. The van der Waals surface area contributed by atoms with E-state index in [0.717, 1.165) is 28.1 Å². The van der Waals surface area contributed by atoms with Crippen LogP contribution in [0.1, 0.15) is 22.7 Å². The van der Waals surface area contributed by atoms with E-state index in [9.17, 15) is 10.1 Å². The molecule has 2 rings (SSSR count). The van der Waals surface area contributed by atoms with Crippen LogP contribution in [0.2, 0.25) is 5.02 Å². The molecule has 110 valence electrons. The summed E-state index contributed by atoms with van der Waals surface area (Å²) in [5, 5.41) is 14.6. The van der Waals surface area contributed by atoms with Crippen LogP contribution in [-0.4, -0.2) is 12.0 Å². The molecule has 0 fully saturated rings. The summed E-state index contributed by atoms with van der Waals surface area (Å²) in [5.41, 5.74) is 3.28. The van der Waals surface area contributed by atoms with E-state index in [2.05, 4.69) is 5.32 Å². The Morgan fingerprint density at radius 1 is 1.24 bits per heavy atom. The minimum atomic E-state index is -0.393. The summed E-state index contributed by atoms with van der Waals surface area (Å²) in [6.45, 7) is 2.00. The highest BCUT2D eigenvalue weighted by Gasteiger charge is 2.14. The molecule has 0 bridgehead atoms. The lowest BCUT2D eigenvalue weighted by molar-refractivity contribution is -0.384. The zero-order valence-corrected chi connectivity index (χ0v) is 12.7. The van der Waals surface area contributed by atoms with Gasteiger partial charge in [-0.05, 0) is 43.1 Å². The topological polar surface area (TPSA) is 55.2 Å². The molecule has 2 aromatic rings. The lowest BCUT2D eigenvalue weighted by atomic mass is 9.98. The first-order valence-corrected chi connectivity index (χ1v) is 7.05. The normalized spacial score (nSPS) is 12.1. The highest BCUT2D eigenvalue weighted by Crippen LogP contribution is 2.27. The summed E-state index contributed by atoms with van der Waals surface area (Å²) in [6, 6.07) is 12.7. The average molecular weight is 305 g/mol. The van der Waals surface area contributed by atoms with E-state index in [1.54, 1.807) is 12.1 Å². The molecule has 2 aromatic carbocycles. The molecule has 1 unspecified atom stereocenters. The first-order valence-electron chi connectivity index (χ1n) is 6.68. The molecule has 0 spiro atoms. The van der Waals surface area contributed by atoms with E-state index in [1.807, 2.05) is 32.2 Å². The number of nitrogens with zero attached hydrogens (tertiary/aromatic N) is 1. The van der Waals surface area contributed by atoms with Gasteiger partial charge in [-0.2, -0.15) is 0 Å². The maximum atomic E-state index is 10.7. The third kappa shape index (κ3) is 3.80. The zero-order valence-electron chi connectivity index (χ0n) is 12.0. The summed E-state index contributed by atoms with van der Waals surface area (Å²) in [6.07, 6.45) is 0.720. The van der Waals surface area contributed by atoms with Gasteiger partial charge in [-0.25, -0.2) is 0 Å². The van der Waals surface area contributed by atoms with Gasteiger partial charge in [0, 0.05) is 23.2 Å². The van der Waals surface area contributed by atoms with Gasteiger partial charge in [-0.15, -0.1) is 0 Å². The van der Waals surface area contributed by atoms with Crippen LogP contribution in [0.4, 0.5) is 5.69 Å². The van der Waals surface area contributed by atoms with Gasteiger partial charge in [-0.1, -0.05) is 35.9 Å². The van der Waals surface area contributed by atoms with Gasteiger partial charge >= 0.3 is 0 Å². The Morgan fingerprint density at radius 2 is 1.90 bits per heavy atom. The Bertz CT molecular complexity index is 641. The number of benzene rings is 2. The summed E-state index contributed by atoms with van der Waals surface area (Å²) in [7, 11) is 1.88. The number of nitrogens with one attached hydrogen (secondary N) is 1. The standard InChI is InChI=1S/C16H17ClN2O2/c1-11-3-8-14(15(17)9-11)16(18-2)10-12-4-6-13(7-5-12)19(20)21/h3-9,16,18H,10H2,1-2H3. The van der Waals surface area contributed by atoms with Gasteiger partial charge < -0.3 is 5.32 Å². The third-order valence-corrected chi connectivity index (χ3v) is 3.79. The largest absolute Gasteiger partial charge is 0.313 e. The van der Waals surface area contributed by atoms with Crippen LogP contribution < -0.4 is 5.32 Å². The number of likely N-dealkylation sites (N-methyl/N-ethyl adjacent to an activating group) is 1. The lowest BCUT2D eigenvalue weighted by Gasteiger charge is -2.18. The molecule has 0 aliphatic heterocycles. The predicted octanol–water partition coefficient (Wildman–Crippen LogP) is 4.06. The van der Waals surface area contributed by atoms with E-state index in [1.165, 1.54) is 12.1 Å². The first kappa shape index (κ1) is 15.5. The second-order valence-electron chi connectivity index (χ2n) is 4.99. The highest BCUT2D eigenvalue weighted by atomic mass is 35.5. The number of aryl methyl sites for hydroxylation is 1. The number of rotatable bonds is 5. The summed E-state index contributed by atoms with van der Waals surface area (Å²) >= 11 is 6.31. The minimum Gasteiger partial charge on any atom is -0.313 e. The van der Waals surface area contributed by atoms with E-state index in [0.29, 0.717) is 0 Å². The first-order chi connectivity index (χ1) is 10.0. The van der Waals surface area contributed by atoms with Crippen molar-refractivity contribution in [3.63, 3.8) is 0 Å². The summed E-state index contributed by atoms with van der Waals surface area (Å²) in [5.74, 6) is 0. The van der Waals surface area contributed by atoms with Crippen molar-refractivity contribution >= 4 is 17.3 Å². The fourth-order valence-electron chi connectivity index (χ4n) is 2.27. The van der Waals surface area contributed by atoms with Gasteiger partial charge in [0.1, 0.15) is 0 Å². The van der Waals surface area contributed by atoms with Crippen molar-refractivity contribution in [2.24, 2.45) is 0 Å². The maximum absolute atomic E-state index is 10.7. The van der Waals surface area contributed by atoms with Crippen molar-refractivity contribution in [1.29, 1.82) is 0 Å². The van der Waals surface area contributed by atoms with Crippen LogP contribution in [0.3, 0.4) is 0 Å². The molecule has 0 amide bonds. The van der Waals surface area contributed by atoms with E-state index in [4.69, 9.17) is 11.6 Å². The second-order valence-corrected chi connectivity index (χ2v) is 5.40. The number of nitro groups is 1. The molecule has 0 saturated heterocycles. The van der Waals surface area contributed by atoms with Crippen molar-refractivity contribution < 1.29 is 4.92 Å². The van der Waals surface area contributed by atoms with Crippen molar-refractivity contribution in [3.8, 4) is 0 Å². The molecule has 0 radical (unpaired) electrons. The van der Waals surface area contributed by atoms with Crippen molar-refractivity contribution in [3.05, 3.63) is 74.3 Å². The number of non-ortho nitro benzene ring substituents is 1. The van der Waals surface area contributed by atoms with E-state index < -0.39 is 4.92 Å². The summed E-state index contributed by atoms with van der Waals surface area (Å²) < 4.78 is 0. The van der Waals surface area contributed by atoms with Crippen LogP contribution in [0.25, 0.3) is 0 Å². The van der Waals surface area contributed by atoms with Crippen LogP contribution in [0.15, 0.2) is 42.5 Å². The van der Waals surface area contributed by atoms with Gasteiger partial charge in [0.25, 0.3) is 5.69 Å². The molecular weight excluding hydrogens is 288 g/mol. The number of hydrogen-bond donors (Lipinski definition) is 1. The number of hydrogen-bond acceptors (Lipinski definition) is 3. The molecule has 1 N–H and O–H groups in total. The van der Waals surface area contributed by atoms with Crippen LogP contribution >= 0.6 is 11.6 Å². The van der Waals surface area contributed by atoms with Crippen LogP contribution in [0, 0.1) is 17.0 Å². The molecular formula is C16H17ClN2O2. The minimum absolute atomic E-state index is 0.0690. The molecule has 5 heteroatoms. The number of nitro benzene ring substituents is 1. The Kier molecular flexibility index (Phi) is 4.94. The summed E-state index contributed by atoms with van der Waals surface area (Å²) in [4.78, 5) is 10.3. The molecule has 0 saturated carbocycles. The third-order valence-electron chi connectivity index (χ3n) is 3.47. The van der Waals surface area contributed by atoms with Gasteiger partial charge in [0.2, 0.25) is 0 Å². The van der Waals surface area contributed by atoms with Crippen molar-refractivity contribution in [2.45, 2.75) is 19.4 Å². The second kappa shape index (κ2) is 6.70. The van der Waals surface area contributed by atoms with E-state index >= 15 is 0 Å². The molecule has 0 heterocycles. The molecule has 21 heavy (non-hydrogen) atoms. The molecule has 0 aliphatic carbocycles. The predicted molar refractivity (Wildman–Crippen MR) is 84.8 cm³/mol. The Labute approximate surface area is 128 Å². The Hall–Kier alpha value is -1.91. The van der Waals surface area contributed by atoms with Gasteiger partial charge in [-0.3, -0.25) is 10.1 Å². The zero-order chi connectivity index (χ0) is 15.4. The molecule has 0 aliphatic rings. The monoisotopic (exact) mass is 304 g/mol. The van der Waals surface area contributed by atoms with Gasteiger partial charge in [0.15, 0.2) is 0 Å². The van der Waals surface area contributed by atoms with Gasteiger partial charge in [0.05, 0.1) is 4.92 Å². The highest BCUT2D eigenvalue weighted by molar-refractivity contribution is 6.31. The van der Waals surface area contributed by atoms with Crippen molar-refractivity contribution in [1.82, 2.24) is 5.32 Å². The van der Waals surface area contributed by atoms with Crippen LogP contribution in [0.5, 0.6) is 0 Å². The molecule has 1 atom stereocenters. The smallest absolute Gasteiger partial charge is 0.269 e. The fourth-order valence-corrected chi connectivity index (χ4v) is 2.64.